The molecule has 0 saturated carbocycles. The number of ether oxygens (including phenoxy) is 1. The summed E-state index contributed by atoms with van der Waals surface area (Å²) in [5.41, 5.74) is -0.293. The third-order valence-corrected chi connectivity index (χ3v) is 4.20. The molecule has 118 valence electrons. The fraction of sp³-hybridized carbons (Fsp3) is 0.222. The lowest BCUT2D eigenvalue weighted by atomic mass is 9.88. The summed E-state index contributed by atoms with van der Waals surface area (Å²) in [6, 6.07) is 13.6. The van der Waals surface area contributed by atoms with E-state index < -0.39 is 11.5 Å². The van der Waals surface area contributed by atoms with E-state index in [-0.39, 0.29) is 12.2 Å². The van der Waals surface area contributed by atoms with Crippen LogP contribution in [0.1, 0.15) is 22.3 Å². The number of amides is 1. The number of fused-ring (bicyclic) bond motifs is 1. The molecule has 2 aromatic carbocycles. The van der Waals surface area contributed by atoms with Gasteiger partial charge < -0.3 is 14.7 Å². The molecular formula is C18H17NO4. The van der Waals surface area contributed by atoms with Crippen molar-refractivity contribution in [3.63, 3.8) is 0 Å². The van der Waals surface area contributed by atoms with Gasteiger partial charge >= 0.3 is 0 Å². The predicted molar refractivity (Wildman–Crippen MR) is 85.7 cm³/mol. The standard InChI is InChI=1S/C18H17NO4/c1-19-15-6-4-3-5-14(15)18(22,17(19)21)11-16(20)12-7-9-13(23-2)10-8-12/h3-10,22H,11H2,1-2H3. The largest absolute Gasteiger partial charge is 0.497 e. The summed E-state index contributed by atoms with van der Waals surface area (Å²) in [6.07, 6.45) is -0.292. The van der Waals surface area contributed by atoms with Gasteiger partial charge in [0.1, 0.15) is 5.75 Å². The second-order valence-electron chi connectivity index (χ2n) is 5.57. The Bertz CT molecular complexity index is 769. The van der Waals surface area contributed by atoms with Gasteiger partial charge in [0.25, 0.3) is 5.91 Å². The van der Waals surface area contributed by atoms with Crippen molar-refractivity contribution in [2.75, 3.05) is 19.1 Å². The van der Waals surface area contributed by atoms with Gasteiger partial charge in [-0.2, -0.15) is 0 Å². The van der Waals surface area contributed by atoms with Crippen LogP contribution in [0.2, 0.25) is 0 Å². The second kappa shape index (κ2) is 5.52. The van der Waals surface area contributed by atoms with Crippen molar-refractivity contribution in [1.29, 1.82) is 0 Å². The normalized spacial score (nSPS) is 19.6. The molecule has 2 aromatic rings. The molecule has 0 aromatic heterocycles. The molecule has 1 aliphatic heterocycles. The Kier molecular flexibility index (Phi) is 3.66. The molecule has 0 radical (unpaired) electrons. The highest BCUT2D eigenvalue weighted by Gasteiger charge is 2.49. The van der Waals surface area contributed by atoms with Gasteiger partial charge in [-0.1, -0.05) is 18.2 Å². The molecular weight excluding hydrogens is 294 g/mol. The maximum absolute atomic E-state index is 12.5. The molecule has 3 rings (SSSR count). The van der Waals surface area contributed by atoms with Crippen molar-refractivity contribution >= 4 is 17.4 Å². The molecule has 1 N–H and O–H groups in total. The first kappa shape index (κ1) is 15.2. The number of likely N-dealkylation sites (N-methyl/N-ethyl adjacent to an activating group) is 1. The number of Topliss-reactive ketones (excluding diaryl/α,β-unsaturated/α-hetero) is 1. The number of para-hydroxylation sites is 1. The number of methoxy groups -OCH3 is 1. The van der Waals surface area contributed by atoms with Crippen LogP contribution >= 0.6 is 0 Å². The van der Waals surface area contributed by atoms with Crippen LogP contribution in [0.25, 0.3) is 0 Å². The van der Waals surface area contributed by atoms with Gasteiger partial charge in [0.2, 0.25) is 0 Å². The van der Waals surface area contributed by atoms with E-state index in [0.717, 1.165) is 0 Å². The van der Waals surface area contributed by atoms with Crippen molar-refractivity contribution in [3.05, 3.63) is 59.7 Å². The zero-order valence-electron chi connectivity index (χ0n) is 12.9. The average Bonchev–Trinajstić information content (AvgIpc) is 2.77. The third kappa shape index (κ3) is 2.39. The van der Waals surface area contributed by atoms with E-state index in [1.54, 1.807) is 62.7 Å². The number of benzene rings is 2. The zero-order chi connectivity index (χ0) is 16.6. The first-order valence-corrected chi connectivity index (χ1v) is 7.24. The molecule has 5 heteroatoms. The van der Waals surface area contributed by atoms with Crippen LogP contribution in [0.15, 0.2) is 48.5 Å². The van der Waals surface area contributed by atoms with Crippen LogP contribution < -0.4 is 9.64 Å². The van der Waals surface area contributed by atoms with Gasteiger partial charge in [-0.05, 0) is 30.3 Å². The van der Waals surface area contributed by atoms with E-state index in [2.05, 4.69) is 0 Å². The number of aliphatic hydroxyl groups is 1. The highest BCUT2D eigenvalue weighted by atomic mass is 16.5. The van der Waals surface area contributed by atoms with Crippen molar-refractivity contribution in [1.82, 2.24) is 0 Å². The predicted octanol–water partition coefficient (Wildman–Crippen LogP) is 2.13. The van der Waals surface area contributed by atoms with E-state index in [1.807, 2.05) is 0 Å². The molecule has 0 spiro atoms. The summed E-state index contributed by atoms with van der Waals surface area (Å²) in [7, 11) is 3.14. The fourth-order valence-electron chi connectivity index (χ4n) is 2.90. The van der Waals surface area contributed by atoms with Gasteiger partial charge in [0.15, 0.2) is 11.4 Å². The number of nitrogens with zero attached hydrogens (tertiary/aromatic N) is 1. The third-order valence-electron chi connectivity index (χ3n) is 4.20. The molecule has 1 unspecified atom stereocenters. The maximum atomic E-state index is 12.5. The minimum atomic E-state index is -1.82. The van der Waals surface area contributed by atoms with Crippen molar-refractivity contribution in [3.8, 4) is 5.75 Å². The molecule has 1 heterocycles. The van der Waals surface area contributed by atoms with E-state index in [9.17, 15) is 14.7 Å². The van der Waals surface area contributed by atoms with E-state index in [1.165, 1.54) is 4.90 Å². The number of hydrogen-bond acceptors (Lipinski definition) is 4. The van der Waals surface area contributed by atoms with Crippen LogP contribution in [-0.2, 0) is 10.4 Å². The summed E-state index contributed by atoms with van der Waals surface area (Å²) in [5.74, 6) is -0.142. The molecule has 1 atom stereocenters. The Morgan fingerprint density at radius 2 is 1.83 bits per heavy atom. The van der Waals surface area contributed by atoms with Gasteiger partial charge in [-0.3, -0.25) is 9.59 Å². The van der Waals surface area contributed by atoms with Gasteiger partial charge in [0, 0.05) is 18.2 Å². The van der Waals surface area contributed by atoms with E-state index >= 15 is 0 Å². The first-order valence-electron chi connectivity index (χ1n) is 7.24. The number of anilines is 1. The van der Waals surface area contributed by atoms with Crippen molar-refractivity contribution < 1.29 is 19.4 Å². The van der Waals surface area contributed by atoms with Crippen LogP contribution in [0.3, 0.4) is 0 Å². The smallest absolute Gasteiger partial charge is 0.263 e. The number of carbonyl (C=O) groups excluding carboxylic acids is 2. The highest BCUT2D eigenvalue weighted by molar-refractivity contribution is 6.10. The van der Waals surface area contributed by atoms with Crippen LogP contribution in [0.5, 0.6) is 5.75 Å². The fourth-order valence-corrected chi connectivity index (χ4v) is 2.90. The number of ketones is 1. The molecule has 0 saturated heterocycles. The van der Waals surface area contributed by atoms with Crippen molar-refractivity contribution in [2.45, 2.75) is 12.0 Å². The summed E-state index contributed by atoms with van der Waals surface area (Å²) in [5, 5.41) is 10.9. The van der Waals surface area contributed by atoms with Crippen molar-refractivity contribution in [2.24, 2.45) is 0 Å². The van der Waals surface area contributed by atoms with E-state index in [0.29, 0.717) is 22.6 Å². The molecule has 0 bridgehead atoms. The average molecular weight is 311 g/mol. The highest BCUT2D eigenvalue weighted by Crippen LogP contribution is 2.41. The lowest BCUT2D eigenvalue weighted by Crippen LogP contribution is -2.40. The minimum absolute atomic E-state index is 0.292. The molecule has 1 amide bonds. The maximum Gasteiger partial charge on any atom is 0.263 e. The molecule has 0 aliphatic carbocycles. The molecule has 1 aliphatic rings. The summed E-state index contributed by atoms with van der Waals surface area (Å²) >= 11 is 0. The summed E-state index contributed by atoms with van der Waals surface area (Å²) < 4.78 is 5.06. The van der Waals surface area contributed by atoms with Crippen LogP contribution in [0, 0.1) is 0 Å². The zero-order valence-corrected chi connectivity index (χ0v) is 12.9. The number of carbonyl (C=O) groups is 2. The summed E-state index contributed by atoms with van der Waals surface area (Å²) in [4.78, 5) is 26.3. The number of hydrogen-bond donors (Lipinski definition) is 1. The van der Waals surface area contributed by atoms with Gasteiger partial charge in [0.05, 0.1) is 19.2 Å². The lowest BCUT2D eigenvalue weighted by Gasteiger charge is -2.21. The lowest BCUT2D eigenvalue weighted by molar-refractivity contribution is -0.135. The summed E-state index contributed by atoms with van der Waals surface area (Å²) in [6.45, 7) is 0. The second-order valence-corrected chi connectivity index (χ2v) is 5.57. The Labute approximate surface area is 134 Å². The van der Waals surface area contributed by atoms with Gasteiger partial charge in [-0.15, -0.1) is 0 Å². The Hall–Kier alpha value is -2.66. The Morgan fingerprint density at radius 3 is 2.48 bits per heavy atom. The van der Waals surface area contributed by atoms with Crippen LogP contribution in [-0.4, -0.2) is 31.0 Å². The first-order chi connectivity index (χ1) is 11.0. The molecule has 5 nitrogen and oxygen atoms in total. The Morgan fingerprint density at radius 1 is 1.17 bits per heavy atom. The SMILES string of the molecule is COc1ccc(C(=O)CC2(O)C(=O)N(C)c3ccccc32)cc1. The molecule has 0 fully saturated rings. The monoisotopic (exact) mass is 311 g/mol. The Balaban J connectivity index is 1.92. The molecule has 23 heavy (non-hydrogen) atoms. The van der Waals surface area contributed by atoms with Crippen LogP contribution in [0.4, 0.5) is 5.69 Å². The van der Waals surface area contributed by atoms with E-state index in [4.69, 9.17) is 4.74 Å². The number of rotatable bonds is 4. The van der Waals surface area contributed by atoms with Gasteiger partial charge in [-0.25, -0.2) is 0 Å². The topological polar surface area (TPSA) is 66.8 Å². The quantitative estimate of drug-likeness (QED) is 0.879. The minimum Gasteiger partial charge on any atom is -0.497 e.